The number of piperidine rings is 1. The fourth-order valence-electron chi connectivity index (χ4n) is 4.02. The van der Waals surface area contributed by atoms with E-state index in [-0.39, 0.29) is 23.9 Å². The van der Waals surface area contributed by atoms with E-state index in [1.807, 2.05) is 37.3 Å². The van der Waals surface area contributed by atoms with Crippen LogP contribution in [0.1, 0.15) is 30.1 Å². The zero-order valence-corrected chi connectivity index (χ0v) is 16.0. The molecule has 2 aromatic carbocycles. The number of carboxylic acid groups (broad SMARTS) is 1. The number of nitrogens with one attached hydrogen (secondary N) is 1. The molecule has 2 aromatic rings. The number of ether oxygens (including phenoxy) is 1. The van der Waals surface area contributed by atoms with Crippen LogP contribution in [0.15, 0.2) is 54.6 Å². The van der Waals surface area contributed by atoms with E-state index in [0.29, 0.717) is 23.5 Å². The smallest absolute Gasteiger partial charge is 0.326 e. The summed E-state index contributed by atoms with van der Waals surface area (Å²) in [7, 11) is 0. The van der Waals surface area contributed by atoms with Gasteiger partial charge in [-0.15, -0.1) is 0 Å². The lowest BCUT2D eigenvalue weighted by molar-refractivity contribution is -0.149. The molecule has 1 aliphatic heterocycles. The molecular weight excluding hydrogens is 372 g/mol. The Morgan fingerprint density at radius 1 is 1.10 bits per heavy atom. The molecule has 0 aromatic heterocycles. The zero-order valence-electron chi connectivity index (χ0n) is 16.0. The van der Waals surface area contributed by atoms with Crippen LogP contribution >= 0.6 is 0 Å². The molecular formula is C22H22N2O5. The van der Waals surface area contributed by atoms with Gasteiger partial charge >= 0.3 is 5.97 Å². The predicted molar refractivity (Wildman–Crippen MR) is 105 cm³/mol. The minimum atomic E-state index is -0.996. The maximum Gasteiger partial charge on any atom is 0.326 e. The molecule has 1 saturated carbocycles. The third-order valence-corrected chi connectivity index (χ3v) is 5.68. The Morgan fingerprint density at radius 3 is 2.55 bits per heavy atom. The number of benzene rings is 2. The number of carbonyl (C=O) groups is 3. The normalized spacial score (nSPS) is 24.5. The highest BCUT2D eigenvalue weighted by molar-refractivity contribution is 5.97. The molecule has 4 rings (SSSR count). The Labute approximate surface area is 168 Å². The summed E-state index contributed by atoms with van der Waals surface area (Å²) in [5.41, 5.74) is 0.255. The van der Waals surface area contributed by atoms with Crippen molar-refractivity contribution in [1.82, 2.24) is 10.2 Å². The van der Waals surface area contributed by atoms with Gasteiger partial charge in [0.1, 0.15) is 17.5 Å². The molecule has 29 heavy (non-hydrogen) atoms. The summed E-state index contributed by atoms with van der Waals surface area (Å²) >= 11 is 0. The fourth-order valence-corrected chi connectivity index (χ4v) is 4.02. The van der Waals surface area contributed by atoms with Crippen LogP contribution in [0.3, 0.4) is 0 Å². The molecule has 2 amide bonds. The van der Waals surface area contributed by atoms with Gasteiger partial charge < -0.3 is 20.1 Å². The number of likely N-dealkylation sites (tertiary alicyclic amines) is 1. The third-order valence-electron chi connectivity index (χ3n) is 5.68. The lowest BCUT2D eigenvalue weighted by Crippen LogP contribution is -2.47. The molecule has 2 aliphatic rings. The number of amides is 2. The van der Waals surface area contributed by atoms with Gasteiger partial charge in [0.05, 0.1) is 6.54 Å². The summed E-state index contributed by atoms with van der Waals surface area (Å²) in [4.78, 5) is 38.0. The highest BCUT2D eigenvalue weighted by Crippen LogP contribution is 2.59. The van der Waals surface area contributed by atoms with E-state index in [2.05, 4.69) is 5.32 Å². The maximum atomic E-state index is 12.6. The molecule has 3 atom stereocenters. The summed E-state index contributed by atoms with van der Waals surface area (Å²) in [5.74, 6) is -0.616. The van der Waals surface area contributed by atoms with Crippen LogP contribution in [0.25, 0.3) is 0 Å². The van der Waals surface area contributed by atoms with Gasteiger partial charge in [0.15, 0.2) is 0 Å². The predicted octanol–water partition coefficient (Wildman–Crippen LogP) is 2.67. The number of hydrogen-bond acceptors (Lipinski definition) is 4. The third kappa shape index (κ3) is 3.81. The second-order valence-corrected chi connectivity index (χ2v) is 7.86. The van der Waals surface area contributed by atoms with Crippen molar-refractivity contribution in [2.24, 2.45) is 5.41 Å². The van der Waals surface area contributed by atoms with Crippen LogP contribution in [0.2, 0.25) is 0 Å². The minimum absolute atomic E-state index is 0.0457. The van der Waals surface area contributed by atoms with E-state index in [0.717, 1.165) is 6.42 Å². The van der Waals surface area contributed by atoms with Gasteiger partial charge in [-0.3, -0.25) is 9.59 Å². The Balaban J connectivity index is 1.38. The molecule has 1 aliphatic carbocycles. The monoisotopic (exact) mass is 394 g/mol. The molecule has 2 fully saturated rings. The van der Waals surface area contributed by atoms with Crippen molar-refractivity contribution in [3.63, 3.8) is 0 Å². The van der Waals surface area contributed by atoms with E-state index in [1.165, 1.54) is 4.90 Å². The van der Waals surface area contributed by atoms with Crippen molar-refractivity contribution in [2.75, 3.05) is 6.54 Å². The van der Waals surface area contributed by atoms with Gasteiger partial charge in [-0.05, 0) is 48.6 Å². The summed E-state index contributed by atoms with van der Waals surface area (Å²) in [6.45, 7) is 1.76. The van der Waals surface area contributed by atoms with Crippen LogP contribution < -0.4 is 10.1 Å². The Kier molecular flexibility index (Phi) is 4.74. The molecule has 0 spiro atoms. The quantitative estimate of drug-likeness (QED) is 0.785. The number of hydrogen-bond donors (Lipinski definition) is 2. The number of nitrogens with zero attached hydrogens (tertiary/aromatic N) is 1. The number of fused-ring (bicyclic) bond motifs is 1. The Hall–Kier alpha value is -3.35. The van der Waals surface area contributed by atoms with E-state index < -0.39 is 17.9 Å². The number of rotatable bonds is 6. The Bertz CT molecular complexity index is 961. The molecule has 2 N–H and O–H groups in total. The van der Waals surface area contributed by atoms with E-state index in [1.54, 1.807) is 24.3 Å². The first-order valence-corrected chi connectivity index (χ1v) is 9.52. The highest BCUT2D eigenvalue weighted by atomic mass is 16.5. The molecule has 7 heteroatoms. The van der Waals surface area contributed by atoms with Gasteiger partial charge in [0.25, 0.3) is 5.91 Å². The summed E-state index contributed by atoms with van der Waals surface area (Å²) in [6.07, 6.45) is 1.28. The van der Waals surface area contributed by atoms with Crippen molar-refractivity contribution in [2.45, 2.75) is 31.8 Å². The van der Waals surface area contributed by atoms with E-state index >= 15 is 0 Å². The molecule has 1 saturated heterocycles. The molecule has 0 bridgehead atoms. The summed E-state index contributed by atoms with van der Waals surface area (Å²) in [6, 6.07) is 15.0. The summed E-state index contributed by atoms with van der Waals surface area (Å²) < 4.78 is 5.73. The van der Waals surface area contributed by atoms with Gasteiger partial charge in [0.2, 0.25) is 5.91 Å². The van der Waals surface area contributed by atoms with Crippen molar-refractivity contribution in [3.05, 3.63) is 60.2 Å². The largest absolute Gasteiger partial charge is 0.480 e. The summed E-state index contributed by atoms with van der Waals surface area (Å²) in [5, 5.41) is 12.0. The SMILES string of the molecule is C[C@@]12C[C@@H]1N(C(=O)CNC(=O)c1cccc(Oc3ccccc3)c1)[C@H](C(=O)O)C2. The van der Waals surface area contributed by atoms with Crippen molar-refractivity contribution in [1.29, 1.82) is 0 Å². The van der Waals surface area contributed by atoms with Crippen molar-refractivity contribution in [3.8, 4) is 11.5 Å². The van der Waals surface area contributed by atoms with E-state index in [9.17, 15) is 19.5 Å². The first-order chi connectivity index (χ1) is 13.9. The Morgan fingerprint density at radius 2 is 1.83 bits per heavy atom. The first-order valence-electron chi connectivity index (χ1n) is 9.52. The number of carbonyl (C=O) groups excluding carboxylic acids is 2. The highest BCUT2D eigenvalue weighted by Gasteiger charge is 2.64. The standard InChI is InChI=1S/C22H22N2O5/c1-22-11-17(21(27)28)24(18(22)12-22)19(25)13-23-20(26)14-6-5-9-16(10-14)29-15-7-3-2-4-8-15/h2-10,17-18H,11-13H2,1H3,(H,23,26)(H,27,28)/t17-,18-,22+/m0/s1. The van der Waals surface area contributed by atoms with Gasteiger partial charge in [-0.25, -0.2) is 4.79 Å². The average molecular weight is 394 g/mol. The second-order valence-electron chi connectivity index (χ2n) is 7.86. The topological polar surface area (TPSA) is 95.9 Å². The van der Waals surface area contributed by atoms with Crippen LogP contribution in [-0.2, 0) is 9.59 Å². The number of para-hydroxylation sites is 1. The van der Waals surface area contributed by atoms with Gasteiger partial charge in [-0.2, -0.15) is 0 Å². The average Bonchev–Trinajstić information content (AvgIpc) is 3.27. The van der Waals surface area contributed by atoms with Crippen LogP contribution in [0, 0.1) is 5.41 Å². The maximum absolute atomic E-state index is 12.6. The molecule has 150 valence electrons. The zero-order chi connectivity index (χ0) is 20.6. The lowest BCUT2D eigenvalue weighted by atomic mass is 10.0. The van der Waals surface area contributed by atoms with Crippen molar-refractivity contribution < 1.29 is 24.2 Å². The van der Waals surface area contributed by atoms with Crippen molar-refractivity contribution >= 4 is 17.8 Å². The van der Waals surface area contributed by atoms with Crippen LogP contribution in [-0.4, -0.2) is 46.4 Å². The molecule has 1 heterocycles. The van der Waals surface area contributed by atoms with Crippen LogP contribution in [0.5, 0.6) is 11.5 Å². The molecule has 7 nitrogen and oxygen atoms in total. The van der Waals surface area contributed by atoms with Crippen LogP contribution in [0.4, 0.5) is 0 Å². The fraction of sp³-hybridized carbons (Fsp3) is 0.318. The first kappa shape index (κ1) is 19.0. The second kappa shape index (κ2) is 7.24. The van der Waals surface area contributed by atoms with Gasteiger partial charge in [0, 0.05) is 11.6 Å². The number of carboxylic acids is 1. The minimum Gasteiger partial charge on any atom is -0.480 e. The van der Waals surface area contributed by atoms with E-state index in [4.69, 9.17) is 4.74 Å². The molecule has 0 unspecified atom stereocenters. The molecule has 0 radical (unpaired) electrons. The number of aliphatic carboxylic acids is 1. The van der Waals surface area contributed by atoms with Gasteiger partial charge in [-0.1, -0.05) is 31.2 Å². The lowest BCUT2D eigenvalue weighted by Gasteiger charge is -2.24.